The molecule has 0 unspecified atom stereocenters. The molecule has 0 saturated heterocycles. The molecule has 0 bridgehead atoms. The topological polar surface area (TPSA) is 84.3 Å². The molecule has 1 aromatic carbocycles. The average molecular weight is 245 g/mol. The van der Waals surface area contributed by atoms with E-state index in [1.165, 1.54) is 6.20 Å². The smallest absolute Gasteiger partial charge is 0.374 e. The number of carboxylic acids is 1. The van der Waals surface area contributed by atoms with E-state index in [0.717, 1.165) is 0 Å². The molecular weight excluding hydrogens is 234 g/mol. The van der Waals surface area contributed by atoms with Crippen LogP contribution in [0, 0.1) is 0 Å². The van der Waals surface area contributed by atoms with E-state index >= 15 is 0 Å². The molecule has 1 aromatic heterocycles. The first-order valence-corrected chi connectivity index (χ1v) is 5.17. The zero-order valence-corrected chi connectivity index (χ0v) is 9.62. The minimum absolute atomic E-state index is 0.255. The number of aromatic carboxylic acids is 1. The Bertz CT molecular complexity index is 572. The Morgan fingerprint density at radius 1 is 1.33 bits per heavy atom. The van der Waals surface area contributed by atoms with Crippen molar-refractivity contribution < 1.29 is 14.6 Å². The molecule has 0 saturated carbocycles. The second-order valence-corrected chi connectivity index (χ2v) is 3.40. The third-order valence-electron chi connectivity index (χ3n) is 2.22. The summed E-state index contributed by atoms with van der Waals surface area (Å²) in [6.45, 7) is 0. The molecule has 0 spiro atoms. The quantitative estimate of drug-likeness (QED) is 0.856. The molecule has 0 fully saturated rings. The van der Waals surface area contributed by atoms with Crippen molar-refractivity contribution in [1.29, 1.82) is 0 Å². The fourth-order valence-electron chi connectivity index (χ4n) is 1.42. The predicted molar refractivity (Wildman–Crippen MR) is 65.3 cm³/mol. The number of carbonyl (C=O) groups is 1. The maximum absolute atomic E-state index is 10.8. The SMILES string of the molecule is COc1ccccc1Nc1ccnc(C(=O)O)n1. The van der Waals surface area contributed by atoms with Crippen LogP contribution in [0.4, 0.5) is 11.5 Å². The van der Waals surface area contributed by atoms with E-state index in [-0.39, 0.29) is 5.82 Å². The third-order valence-corrected chi connectivity index (χ3v) is 2.22. The van der Waals surface area contributed by atoms with E-state index in [9.17, 15) is 4.79 Å². The maximum atomic E-state index is 10.8. The summed E-state index contributed by atoms with van der Waals surface area (Å²) in [5.74, 6) is -0.381. The number of carboxylic acid groups (broad SMARTS) is 1. The first-order chi connectivity index (χ1) is 8.70. The molecule has 2 aromatic rings. The summed E-state index contributed by atoms with van der Waals surface area (Å²) in [7, 11) is 1.56. The van der Waals surface area contributed by atoms with Gasteiger partial charge in [0.15, 0.2) is 0 Å². The van der Waals surface area contributed by atoms with Gasteiger partial charge in [-0.1, -0.05) is 12.1 Å². The van der Waals surface area contributed by atoms with Crippen LogP contribution in [0.5, 0.6) is 5.75 Å². The maximum Gasteiger partial charge on any atom is 0.374 e. The predicted octanol–water partition coefficient (Wildman–Crippen LogP) is 1.93. The highest BCUT2D eigenvalue weighted by molar-refractivity contribution is 5.83. The van der Waals surface area contributed by atoms with Gasteiger partial charge in [-0.15, -0.1) is 0 Å². The standard InChI is InChI=1S/C12H11N3O3/c1-18-9-5-3-2-4-8(9)14-10-6-7-13-11(15-10)12(16)17/h2-7H,1H3,(H,16,17)(H,13,14,15). The lowest BCUT2D eigenvalue weighted by Gasteiger charge is -2.09. The van der Waals surface area contributed by atoms with Crippen molar-refractivity contribution in [3.63, 3.8) is 0 Å². The van der Waals surface area contributed by atoms with Gasteiger partial charge < -0.3 is 15.2 Å². The van der Waals surface area contributed by atoms with Gasteiger partial charge in [0, 0.05) is 6.20 Å². The number of ether oxygens (including phenoxy) is 1. The average Bonchev–Trinajstić information content (AvgIpc) is 2.39. The van der Waals surface area contributed by atoms with Gasteiger partial charge in [-0.25, -0.2) is 14.8 Å². The fourth-order valence-corrected chi connectivity index (χ4v) is 1.42. The molecule has 0 amide bonds. The Morgan fingerprint density at radius 3 is 2.83 bits per heavy atom. The van der Waals surface area contributed by atoms with Gasteiger partial charge in [0.05, 0.1) is 12.8 Å². The monoisotopic (exact) mass is 245 g/mol. The number of aromatic nitrogens is 2. The van der Waals surface area contributed by atoms with E-state index in [4.69, 9.17) is 9.84 Å². The van der Waals surface area contributed by atoms with Crippen LogP contribution >= 0.6 is 0 Å². The van der Waals surface area contributed by atoms with Crippen LogP contribution in [0.15, 0.2) is 36.5 Å². The van der Waals surface area contributed by atoms with Crippen LogP contribution in [0.25, 0.3) is 0 Å². The number of hydrogen-bond acceptors (Lipinski definition) is 5. The number of anilines is 2. The van der Waals surface area contributed by atoms with Crippen LogP contribution in [-0.2, 0) is 0 Å². The van der Waals surface area contributed by atoms with Gasteiger partial charge in [0.2, 0.25) is 5.82 Å². The molecule has 0 aliphatic rings. The molecular formula is C12H11N3O3. The number of para-hydroxylation sites is 2. The van der Waals surface area contributed by atoms with Crippen molar-refractivity contribution in [2.24, 2.45) is 0 Å². The van der Waals surface area contributed by atoms with Gasteiger partial charge in [-0.05, 0) is 18.2 Å². The third kappa shape index (κ3) is 2.54. The fraction of sp³-hybridized carbons (Fsp3) is 0.0833. The molecule has 0 aliphatic heterocycles. The first-order valence-electron chi connectivity index (χ1n) is 5.17. The van der Waals surface area contributed by atoms with Gasteiger partial charge in [-0.3, -0.25) is 0 Å². The number of rotatable bonds is 4. The van der Waals surface area contributed by atoms with Crippen LogP contribution in [0.1, 0.15) is 10.6 Å². The van der Waals surface area contributed by atoms with Crippen molar-refractivity contribution in [2.75, 3.05) is 12.4 Å². The summed E-state index contributed by atoms with van der Waals surface area (Å²) in [5.41, 5.74) is 0.704. The van der Waals surface area contributed by atoms with E-state index < -0.39 is 5.97 Å². The molecule has 92 valence electrons. The Balaban J connectivity index is 2.28. The molecule has 2 rings (SSSR count). The molecule has 1 heterocycles. The van der Waals surface area contributed by atoms with E-state index in [0.29, 0.717) is 17.3 Å². The number of methoxy groups -OCH3 is 1. The molecule has 2 N–H and O–H groups in total. The van der Waals surface area contributed by atoms with E-state index in [2.05, 4.69) is 15.3 Å². The van der Waals surface area contributed by atoms with E-state index in [1.807, 2.05) is 12.1 Å². The highest BCUT2D eigenvalue weighted by Gasteiger charge is 2.08. The van der Waals surface area contributed by atoms with Crippen molar-refractivity contribution in [1.82, 2.24) is 9.97 Å². The Morgan fingerprint density at radius 2 is 2.11 bits per heavy atom. The highest BCUT2D eigenvalue weighted by atomic mass is 16.5. The summed E-state index contributed by atoms with van der Waals surface area (Å²) < 4.78 is 5.17. The van der Waals surface area contributed by atoms with Gasteiger partial charge in [0.1, 0.15) is 11.6 Å². The van der Waals surface area contributed by atoms with Crippen LogP contribution < -0.4 is 10.1 Å². The largest absolute Gasteiger partial charge is 0.495 e. The van der Waals surface area contributed by atoms with Crippen molar-refractivity contribution >= 4 is 17.5 Å². The van der Waals surface area contributed by atoms with Gasteiger partial charge in [-0.2, -0.15) is 0 Å². The lowest BCUT2D eigenvalue weighted by Crippen LogP contribution is -2.06. The van der Waals surface area contributed by atoms with Crippen LogP contribution in [-0.4, -0.2) is 28.2 Å². The van der Waals surface area contributed by atoms with Gasteiger partial charge >= 0.3 is 5.97 Å². The van der Waals surface area contributed by atoms with Crippen LogP contribution in [0.2, 0.25) is 0 Å². The number of nitrogens with zero attached hydrogens (tertiary/aromatic N) is 2. The number of nitrogens with one attached hydrogen (secondary N) is 1. The first kappa shape index (κ1) is 11.8. The molecule has 18 heavy (non-hydrogen) atoms. The molecule has 6 nitrogen and oxygen atoms in total. The highest BCUT2D eigenvalue weighted by Crippen LogP contribution is 2.25. The zero-order valence-electron chi connectivity index (χ0n) is 9.62. The summed E-state index contributed by atoms with van der Waals surface area (Å²) in [4.78, 5) is 18.3. The normalized spacial score (nSPS) is 9.83. The summed E-state index contributed by atoms with van der Waals surface area (Å²) in [6, 6.07) is 8.86. The molecule has 0 atom stereocenters. The van der Waals surface area contributed by atoms with Crippen molar-refractivity contribution in [3.8, 4) is 5.75 Å². The van der Waals surface area contributed by atoms with E-state index in [1.54, 1.807) is 25.3 Å². The van der Waals surface area contributed by atoms with Crippen LogP contribution in [0.3, 0.4) is 0 Å². The number of hydrogen-bond donors (Lipinski definition) is 2. The lowest BCUT2D eigenvalue weighted by atomic mass is 10.3. The second kappa shape index (κ2) is 5.13. The minimum atomic E-state index is -1.17. The minimum Gasteiger partial charge on any atom is -0.495 e. The molecule has 0 aliphatic carbocycles. The summed E-state index contributed by atoms with van der Waals surface area (Å²) in [5, 5.41) is 11.8. The zero-order chi connectivity index (χ0) is 13.0. The lowest BCUT2D eigenvalue weighted by molar-refractivity contribution is 0.0683. The van der Waals surface area contributed by atoms with Crippen molar-refractivity contribution in [3.05, 3.63) is 42.4 Å². The number of benzene rings is 1. The Labute approximate surface area is 103 Å². The Hall–Kier alpha value is -2.63. The molecule has 6 heteroatoms. The second-order valence-electron chi connectivity index (χ2n) is 3.40. The Kier molecular flexibility index (Phi) is 3.38. The summed E-state index contributed by atoms with van der Waals surface area (Å²) in [6.07, 6.45) is 1.38. The summed E-state index contributed by atoms with van der Waals surface area (Å²) >= 11 is 0. The van der Waals surface area contributed by atoms with Crippen molar-refractivity contribution in [2.45, 2.75) is 0 Å². The van der Waals surface area contributed by atoms with Gasteiger partial charge in [0.25, 0.3) is 0 Å². The molecule has 0 radical (unpaired) electrons.